The first-order chi connectivity index (χ1) is 19.4. The van der Waals surface area contributed by atoms with Crippen LogP contribution in [0.15, 0.2) is 71.8 Å². The Balaban J connectivity index is 1.56. The molecule has 0 bridgehead atoms. The van der Waals surface area contributed by atoms with Gasteiger partial charge in [-0.25, -0.2) is 5.43 Å². The maximum Gasteiger partial charge on any atom is 0.329 e. The normalized spacial score (nSPS) is 10.5. The molecule has 0 radical (unpaired) electrons. The quantitative estimate of drug-likeness (QED) is 0.167. The molecule has 0 spiro atoms. The van der Waals surface area contributed by atoms with Gasteiger partial charge in [0.15, 0.2) is 18.1 Å². The molecule has 0 aliphatic carbocycles. The minimum atomic E-state index is -0.970. The Morgan fingerprint density at radius 1 is 0.800 bits per heavy atom. The third-order valence-corrected chi connectivity index (χ3v) is 5.19. The van der Waals surface area contributed by atoms with Gasteiger partial charge in [0.2, 0.25) is 0 Å². The lowest BCUT2D eigenvalue weighted by Crippen LogP contribution is -2.32. The summed E-state index contributed by atoms with van der Waals surface area (Å²) in [6.07, 6.45) is 2.16. The van der Waals surface area contributed by atoms with Crippen molar-refractivity contribution in [3.8, 4) is 23.0 Å². The topological polar surface area (TPSA) is 137 Å². The van der Waals surface area contributed by atoms with Crippen LogP contribution in [-0.4, -0.2) is 50.9 Å². The van der Waals surface area contributed by atoms with Gasteiger partial charge in [-0.2, -0.15) is 5.10 Å². The van der Waals surface area contributed by atoms with E-state index in [1.165, 1.54) is 13.3 Å². The minimum absolute atomic E-state index is 0.236. The molecule has 0 aromatic heterocycles. The SMILES string of the molecule is CCCOc1ccc(NC(=O)C(=O)N/N=C\c2cccc(OC)c2OCC(=O)Nc2ccc(OCC)cc2)cc1. The van der Waals surface area contributed by atoms with E-state index < -0.39 is 17.7 Å². The zero-order valence-corrected chi connectivity index (χ0v) is 22.6. The van der Waals surface area contributed by atoms with Gasteiger partial charge in [-0.3, -0.25) is 14.4 Å². The smallest absolute Gasteiger partial charge is 0.329 e. The van der Waals surface area contributed by atoms with Crippen molar-refractivity contribution in [2.45, 2.75) is 20.3 Å². The number of carbonyl (C=O) groups is 3. The molecule has 3 rings (SSSR count). The third kappa shape index (κ3) is 9.05. The van der Waals surface area contributed by atoms with E-state index in [2.05, 4.69) is 21.2 Å². The molecule has 3 N–H and O–H groups in total. The van der Waals surface area contributed by atoms with E-state index in [0.717, 1.165) is 6.42 Å². The zero-order valence-electron chi connectivity index (χ0n) is 22.6. The summed E-state index contributed by atoms with van der Waals surface area (Å²) >= 11 is 0. The van der Waals surface area contributed by atoms with Crippen LogP contribution in [0, 0.1) is 0 Å². The fourth-order valence-electron chi connectivity index (χ4n) is 3.34. The highest BCUT2D eigenvalue weighted by atomic mass is 16.5. The molecule has 0 fully saturated rings. The van der Waals surface area contributed by atoms with Gasteiger partial charge in [-0.05, 0) is 74.0 Å². The Labute approximate surface area is 232 Å². The molecule has 3 aromatic carbocycles. The van der Waals surface area contributed by atoms with Crippen LogP contribution in [-0.2, 0) is 14.4 Å². The molecular weight excluding hydrogens is 516 g/mol. The standard InChI is InChI=1S/C29H32N4O7/c1-4-17-39-24-15-11-22(12-16-24)32-28(35)29(36)33-30-18-20-7-6-8-25(37-3)27(20)40-19-26(34)31-21-9-13-23(14-10-21)38-5-2/h6-16,18H,4-5,17,19H2,1-3H3,(H,31,34)(H,32,35)(H,33,36)/b30-18-. The van der Waals surface area contributed by atoms with Crippen molar-refractivity contribution in [1.82, 2.24) is 5.43 Å². The summed E-state index contributed by atoms with van der Waals surface area (Å²) in [4.78, 5) is 36.9. The number of hydrazone groups is 1. The van der Waals surface area contributed by atoms with Gasteiger partial charge in [-0.1, -0.05) is 13.0 Å². The number of hydrogen-bond acceptors (Lipinski definition) is 8. The number of nitrogens with one attached hydrogen (secondary N) is 3. The maximum absolute atomic E-state index is 12.5. The molecule has 40 heavy (non-hydrogen) atoms. The van der Waals surface area contributed by atoms with Gasteiger partial charge in [0.25, 0.3) is 5.91 Å². The van der Waals surface area contributed by atoms with Crippen molar-refractivity contribution in [2.75, 3.05) is 37.6 Å². The first kappa shape index (κ1) is 29.5. The Morgan fingerprint density at radius 2 is 1.45 bits per heavy atom. The lowest BCUT2D eigenvalue weighted by Gasteiger charge is -2.13. The van der Waals surface area contributed by atoms with Crippen molar-refractivity contribution >= 4 is 35.3 Å². The Bertz CT molecular complexity index is 1310. The largest absolute Gasteiger partial charge is 0.494 e. The van der Waals surface area contributed by atoms with Crippen LogP contribution in [0.4, 0.5) is 11.4 Å². The molecule has 0 saturated heterocycles. The molecular formula is C29H32N4O7. The number of nitrogens with zero attached hydrogens (tertiary/aromatic N) is 1. The highest BCUT2D eigenvalue weighted by Crippen LogP contribution is 2.30. The van der Waals surface area contributed by atoms with Gasteiger partial charge in [0, 0.05) is 16.9 Å². The number of methoxy groups -OCH3 is 1. The number of benzene rings is 3. The average Bonchev–Trinajstić information content (AvgIpc) is 2.97. The van der Waals surface area contributed by atoms with Crippen LogP contribution in [0.5, 0.6) is 23.0 Å². The van der Waals surface area contributed by atoms with E-state index in [-0.39, 0.29) is 12.4 Å². The third-order valence-electron chi connectivity index (χ3n) is 5.19. The minimum Gasteiger partial charge on any atom is -0.494 e. The lowest BCUT2D eigenvalue weighted by atomic mass is 10.2. The molecule has 11 nitrogen and oxygen atoms in total. The Hall–Kier alpha value is -5.06. The molecule has 210 valence electrons. The Kier molecular flexibility index (Phi) is 11.3. The molecule has 0 heterocycles. The molecule has 3 amide bonds. The predicted octanol–water partition coefficient (Wildman–Crippen LogP) is 3.99. The summed E-state index contributed by atoms with van der Waals surface area (Å²) in [5.41, 5.74) is 3.60. The van der Waals surface area contributed by atoms with Gasteiger partial charge in [-0.15, -0.1) is 0 Å². The van der Waals surface area contributed by atoms with Crippen LogP contribution >= 0.6 is 0 Å². The van der Waals surface area contributed by atoms with Crippen LogP contribution < -0.4 is 35.0 Å². The summed E-state index contributed by atoms with van der Waals surface area (Å²) in [6, 6.07) is 18.6. The molecule has 0 unspecified atom stereocenters. The fourth-order valence-corrected chi connectivity index (χ4v) is 3.34. The summed E-state index contributed by atoms with van der Waals surface area (Å²) in [5.74, 6) is -0.305. The van der Waals surface area contributed by atoms with Crippen LogP contribution in [0.25, 0.3) is 0 Å². The number of ether oxygens (including phenoxy) is 4. The number of rotatable bonds is 13. The summed E-state index contributed by atoms with van der Waals surface area (Å²) in [7, 11) is 1.46. The van der Waals surface area contributed by atoms with Crippen molar-refractivity contribution in [3.63, 3.8) is 0 Å². The van der Waals surface area contributed by atoms with E-state index in [1.54, 1.807) is 66.7 Å². The second-order valence-corrected chi connectivity index (χ2v) is 8.20. The second kappa shape index (κ2) is 15.4. The Morgan fingerprint density at radius 3 is 2.08 bits per heavy atom. The monoisotopic (exact) mass is 548 g/mol. The van der Waals surface area contributed by atoms with Gasteiger partial charge >= 0.3 is 11.8 Å². The van der Waals surface area contributed by atoms with E-state index in [0.29, 0.717) is 47.4 Å². The van der Waals surface area contributed by atoms with Gasteiger partial charge in [0.05, 0.1) is 26.5 Å². The van der Waals surface area contributed by atoms with Gasteiger partial charge < -0.3 is 29.6 Å². The molecule has 0 aliphatic rings. The lowest BCUT2D eigenvalue weighted by molar-refractivity contribution is -0.136. The highest BCUT2D eigenvalue weighted by Gasteiger charge is 2.15. The summed E-state index contributed by atoms with van der Waals surface area (Å²) < 4.78 is 22.0. The van der Waals surface area contributed by atoms with Crippen molar-refractivity contribution in [2.24, 2.45) is 5.10 Å². The highest BCUT2D eigenvalue weighted by molar-refractivity contribution is 6.39. The van der Waals surface area contributed by atoms with Crippen LogP contribution in [0.2, 0.25) is 0 Å². The van der Waals surface area contributed by atoms with E-state index in [9.17, 15) is 14.4 Å². The number of para-hydroxylation sites is 1. The molecule has 0 saturated carbocycles. The number of carbonyl (C=O) groups excluding carboxylic acids is 3. The van der Waals surface area contributed by atoms with E-state index >= 15 is 0 Å². The first-order valence-corrected chi connectivity index (χ1v) is 12.6. The number of anilines is 2. The molecule has 3 aromatic rings. The van der Waals surface area contributed by atoms with Crippen molar-refractivity contribution < 1.29 is 33.3 Å². The fraction of sp³-hybridized carbons (Fsp3) is 0.241. The molecule has 0 atom stereocenters. The molecule has 11 heteroatoms. The average molecular weight is 549 g/mol. The van der Waals surface area contributed by atoms with E-state index in [1.807, 2.05) is 13.8 Å². The van der Waals surface area contributed by atoms with Crippen molar-refractivity contribution in [1.29, 1.82) is 0 Å². The van der Waals surface area contributed by atoms with Crippen molar-refractivity contribution in [3.05, 3.63) is 72.3 Å². The molecule has 0 aliphatic heterocycles. The number of amides is 3. The second-order valence-electron chi connectivity index (χ2n) is 8.20. The predicted molar refractivity (Wildman–Crippen MR) is 151 cm³/mol. The van der Waals surface area contributed by atoms with Gasteiger partial charge in [0.1, 0.15) is 11.5 Å². The first-order valence-electron chi connectivity index (χ1n) is 12.6. The summed E-state index contributed by atoms with van der Waals surface area (Å²) in [6.45, 7) is 4.71. The maximum atomic E-state index is 12.5. The van der Waals surface area contributed by atoms with Crippen LogP contribution in [0.1, 0.15) is 25.8 Å². The number of hydrogen-bond donors (Lipinski definition) is 3. The van der Waals surface area contributed by atoms with E-state index in [4.69, 9.17) is 18.9 Å². The summed E-state index contributed by atoms with van der Waals surface area (Å²) in [5, 5.41) is 9.08. The van der Waals surface area contributed by atoms with Crippen LogP contribution in [0.3, 0.4) is 0 Å². The zero-order chi connectivity index (χ0) is 28.7.